The van der Waals surface area contributed by atoms with E-state index < -0.39 is 5.69 Å². The van der Waals surface area contributed by atoms with Crippen LogP contribution in [0.3, 0.4) is 0 Å². The third kappa shape index (κ3) is 3.73. The van der Waals surface area contributed by atoms with Gasteiger partial charge in [0.25, 0.3) is 5.56 Å². The number of rotatable bonds is 3. The van der Waals surface area contributed by atoms with E-state index in [2.05, 4.69) is 10.3 Å². The van der Waals surface area contributed by atoms with E-state index in [4.69, 9.17) is 27.9 Å². The summed E-state index contributed by atoms with van der Waals surface area (Å²) in [5.41, 5.74) is 0.697. The second-order valence-corrected chi connectivity index (χ2v) is 7.60. The number of para-hydroxylation sites is 1. The molecule has 1 aromatic heterocycles. The standard InChI is InChI=1S/C20H19Cl2N3O3/c21-15-6-5-12(9-16(15)22)14-10-23-7-8-28-18(14)11-25-19(26)13-3-1-2-4-17(13)24-20(25)27/h1-6,9,14,18,23H,7-8,10-11H2,(H,24,27)/t14-,18+/m1/s1. The Morgan fingerprint density at radius 3 is 2.75 bits per heavy atom. The largest absolute Gasteiger partial charge is 0.374 e. The highest BCUT2D eigenvalue weighted by Gasteiger charge is 2.28. The minimum Gasteiger partial charge on any atom is -0.374 e. The maximum absolute atomic E-state index is 12.9. The van der Waals surface area contributed by atoms with Gasteiger partial charge in [-0.15, -0.1) is 0 Å². The molecule has 0 spiro atoms. The molecule has 6 nitrogen and oxygen atoms in total. The van der Waals surface area contributed by atoms with Crippen LogP contribution < -0.4 is 16.6 Å². The molecule has 1 aliphatic rings. The van der Waals surface area contributed by atoms with Crippen molar-refractivity contribution in [3.8, 4) is 0 Å². The van der Waals surface area contributed by atoms with E-state index >= 15 is 0 Å². The van der Waals surface area contributed by atoms with Gasteiger partial charge in [0.05, 0.1) is 40.2 Å². The predicted molar refractivity (Wildman–Crippen MR) is 111 cm³/mol. The summed E-state index contributed by atoms with van der Waals surface area (Å²) in [6.07, 6.45) is -0.368. The molecule has 0 amide bonds. The molecule has 0 bridgehead atoms. The zero-order valence-electron chi connectivity index (χ0n) is 15.0. The number of H-pyrrole nitrogens is 1. The van der Waals surface area contributed by atoms with E-state index in [-0.39, 0.29) is 24.1 Å². The van der Waals surface area contributed by atoms with Crippen LogP contribution in [0.15, 0.2) is 52.1 Å². The van der Waals surface area contributed by atoms with Gasteiger partial charge in [0.2, 0.25) is 0 Å². The van der Waals surface area contributed by atoms with Crippen LogP contribution in [0.1, 0.15) is 11.5 Å². The number of nitrogens with zero attached hydrogens (tertiary/aromatic N) is 1. The van der Waals surface area contributed by atoms with E-state index in [0.29, 0.717) is 40.6 Å². The molecule has 0 unspecified atom stereocenters. The maximum atomic E-state index is 12.9. The van der Waals surface area contributed by atoms with Crippen molar-refractivity contribution in [2.45, 2.75) is 18.6 Å². The topological polar surface area (TPSA) is 76.1 Å². The lowest BCUT2D eigenvalue weighted by atomic mass is 9.93. The molecule has 0 aliphatic carbocycles. The Bertz CT molecular complexity index is 1130. The molecule has 4 rings (SSSR count). The van der Waals surface area contributed by atoms with Crippen LogP contribution in [0.5, 0.6) is 0 Å². The summed E-state index contributed by atoms with van der Waals surface area (Å²) in [5, 5.41) is 4.74. The number of fused-ring (bicyclic) bond motifs is 1. The molecular formula is C20H19Cl2N3O3. The van der Waals surface area contributed by atoms with Crippen molar-refractivity contribution in [2.75, 3.05) is 19.7 Å². The molecular weight excluding hydrogens is 401 g/mol. The first-order valence-electron chi connectivity index (χ1n) is 9.04. The quantitative estimate of drug-likeness (QED) is 0.684. The number of aromatic amines is 1. The van der Waals surface area contributed by atoms with Gasteiger partial charge in [-0.05, 0) is 29.8 Å². The Kier molecular flexibility index (Phi) is 5.55. The van der Waals surface area contributed by atoms with Gasteiger partial charge in [0, 0.05) is 19.0 Å². The summed E-state index contributed by atoms with van der Waals surface area (Å²) < 4.78 is 7.23. The number of hydrogen-bond acceptors (Lipinski definition) is 4. The number of benzene rings is 2. The Morgan fingerprint density at radius 1 is 1.11 bits per heavy atom. The van der Waals surface area contributed by atoms with Crippen molar-refractivity contribution < 1.29 is 4.74 Å². The molecule has 3 aromatic rings. The van der Waals surface area contributed by atoms with Crippen molar-refractivity contribution in [3.63, 3.8) is 0 Å². The molecule has 2 N–H and O–H groups in total. The van der Waals surface area contributed by atoms with E-state index in [1.54, 1.807) is 30.3 Å². The highest BCUT2D eigenvalue weighted by atomic mass is 35.5. The molecule has 2 atom stereocenters. The second kappa shape index (κ2) is 8.09. The molecule has 1 saturated heterocycles. The summed E-state index contributed by atoms with van der Waals surface area (Å²) >= 11 is 12.2. The van der Waals surface area contributed by atoms with Gasteiger partial charge in [-0.3, -0.25) is 9.36 Å². The summed E-state index contributed by atoms with van der Waals surface area (Å²) in [6.45, 7) is 1.97. The molecule has 0 radical (unpaired) electrons. The van der Waals surface area contributed by atoms with Crippen LogP contribution in [0.2, 0.25) is 10.0 Å². The fourth-order valence-electron chi connectivity index (χ4n) is 3.59. The van der Waals surface area contributed by atoms with Crippen LogP contribution in [0.4, 0.5) is 0 Å². The van der Waals surface area contributed by atoms with Gasteiger partial charge in [-0.2, -0.15) is 0 Å². The molecule has 2 aromatic carbocycles. The number of halogens is 2. The Morgan fingerprint density at radius 2 is 1.93 bits per heavy atom. The fourth-order valence-corrected chi connectivity index (χ4v) is 3.89. The zero-order valence-corrected chi connectivity index (χ0v) is 16.5. The number of nitrogens with one attached hydrogen (secondary N) is 2. The Labute approximate surface area is 171 Å². The van der Waals surface area contributed by atoms with Crippen LogP contribution in [0, 0.1) is 0 Å². The third-order valence-corrected chi connectivity index (χ3v) is 5.79. The minimum absolute atomic E-state index is 0.0879. The van der Waals surface area contributed by atoms with E-state index in [0.717, 1.165) is 5.56 Å². The van der Waals surface area contributed by atoms with Crippen molar-refractivity contribution in [1.82, 2.24) is 14.9 Å². The number of aromatic nitrogens is 2. The first kappa shape index (κ1) is 19.2. The highest BCUT2D eigenvalue weighted by Crippen LogP contribution is 2.30. The van der Waals surface area contributed by atoms with Gasteiger partial charge >= 0.3 is 5.69 Å². The predicted octanol–water partition coefficient (Wildman–Crippen LogP) is 2.77. The van der Waals surface area contributed by atoms with Crippen molar-refractivity contribution in [3.05, 3.63) is 78.9 Å². The maximum Gasteiger partial charge on any atom is 0.328 e. The average molecular weight is 420 g/mol. The summed E-state index contributed by atoms with van der Waals surface area (Å²) in [4.78, 5) is 28.2. The minimum atomic E-state index is -0.447. The third-order valence-electron chi connectivity index (χ3n) is 5.05. The first-order valence-corrected chi connectivity index (χ1v) is 9.79. The Hall–Kier alpha value is -2.12. The lowest BCUT2D eigenvalue weighted by Gasteiger charge is -2.26. The van der Waals surface area contributed by atoms with E-state index in [1.165, 1.54) is 4.57 Å². The Balaban J connectivity index is 1.74. The van der Waals surface area contributed by atoms with Crippen molar-refractivity contribution >= 4 is 34.1 Å². The van der Waals surface area contributed by atoms with E-state index in [1.807, 2.05) is 12.1 Å². The van der Waals surface area contributed by atoms with E-state index in [9.17, 15) is 9.59 Å². The molecule has 1 fully saturated rings. The van der Waals surface area contributed by atoms with Gasteiger partial charge < -0.3 is 15.0 Å². The molecule has 0 saturated carbocycles. The first-order chi connectivity index (χ1) is 13.5. The average Bonchev–Trinajstić information content (AvgIpc) is 2.93. The zero-order chi connectivity index (χ0) is 19.7. The molecule has 28 heavy (non-hydrogen) atoms. The van der Waals surface area contributed by atoms with Crippen LogP contribution >= 0.6 is 23.2 Å². The molecule has 146 valence electrons. The summed E-state index contributed by atoms with van der Waals surface area (Å²) in [7, 11) is 0. The lowest BCUT2D eigenvalue weighted by molar-refractivity contribution is 0.0384. The molecule has 1 aliphatic heterocycles. The normalized spacial score (nSPS) is 20.2. The van der Waals surface area contributed by atoms with Gasteiger partial charge in [0.1, 0.15) is 0 Å². The summed E-state index contributed by atoms with van der Waals surface area (Å²) in [6, 6.07) is 12.4. The van der Waals surface area contributed by atoms with Crippen molar-refractivity contribution in [2.24, 2.45) is 0 Å². The smallest absolute Gasteiger partial charge is 0.328 e. The number of hydrogen-bond donors (Lipinski definition) is 2. The van der Waals surface area contributed by atoms with Crippen LogP contribution in [-0.2, 0) is 11.3 Å². The SMILES string of the molecule is O=c1[nH]c2ccccc2c(=O)n1C[C@@H]1OCCNC[C@@H]1c1ccc(Cl)c(Cl)c1. The fraction of sp³-hybridized carbons (Fsp3) is 0.300. The molecule has 2 heterocycles. The second-order valence-electron chi connectivity index (χ2n) is 6.78. The summed E-state index contributed by atoms with van der Waals surface area (Å²) in [5.74, 6) is -0.0879. The van der Waals surface area contributed by atoms with Crippen LogP contribution in [-0.4, -0.2) is 35.4 Å². The van der Waals surface area contributed by atoms with Gasteiger partial charge in [-0.25, -0.2) is 4.79 Å². The van der Waals surface area contributed by atoms with Gasteiger partial charge in [0.15, 0.2) is 0 Å². The number of ether oxygens (including phenoxy) is 1. The lowest BCUT2D eigenvalue weighted by Crippen LogP contribution is -2.41. The van der Waals surface area contributed by atoms with Gasteiger partial charge in [-0.1, -0.05) is 41.4 Å². The monoisotopic (exact) mass is 419 g/mol. The highest BCUT2D eigenvalue weighted by molar-refractivity contribution is 6.42. The molecule has 8 heteroatoms. The van der Waals surface area contributed by atoms with Crippen LogP contribution in [0.25, 0.3) is 10.9 Å². The van der Waals surface area contributed by atoms with Crippen molar-refractivity contribution in [1.29, 1.82) is 0 Å².